The van der Waals surface area contributed by atoms with Crippen molar-refractivity contribution in [2.45, 2.75) is 45.6 Å². The van der Waals surface area contributed by atoms with Crippen molar-refractivity contribution < 1.29 is 27.4 Å². The molecule has 0 aromatic heterocycles. The van der Waals surface area contributed by atoms with Gasteiger partial charge in [-0.1, -0.05) is 24.8 Å². The van der Waals surface area contributed by atoms with E-state index in [0.29, 0.717) is 11.3 Å². The van der Waals surface area contributed by atoms with Gasteiger partial charge in [0.25, 0.3) is 0 Å². The maximum Gasteiger partial charge on any atom is 0.416 e. The molecule has 29 heavy (non-hydrogen) atoms. The monoisotopic (exact) mass is 402 g/mol. The number of aryl methyl sites for hydroxylation is 1. The fourth-order valence-electron chi connectivity index (χ4n) is 4.40. The van der Waals surface area contributed by atoms with Crippen LogP contribution in [0.25, 0.3) is 0 Å². The van der Waals surface area contributed by atoms with E-state index in [1.54, 1.807) is 6.07 Å². The third-order valence-corrected chi connectivity index (χ3v) is 5.93. The van der Waals surface area contributed by atoms with Crippen LogP contribution in [0.15, 0.2) is 42.5 Å². The quantitative estimate of drug-likeness (QED) is 0.494. The molecule has 2 aromatic carbocycles. The van der Waals surface area contributed by atoms with Gasteiger partial charge in [0.15, 0.2) is 0 Å². The van der Waals surface area contributed by atoms with Gasteiger partial charge in [-0.15, -0.1) is 0 Å². The predicted molar refractivity (Wildman–Crippen MR) is 101 cm³/mol. The Morgan fingerprint density at radius 1 is 1.24 bits per heavy atom. The first kappa shape index (κ1) is 19.6. The van der Waals surface area contributed by atoms with E-state index in [1.165, 1.54) is 12.1 Å². The number of hydrogen-bond donors (Lipinski definition) is 0. The highest BCUT2D eigenvalue weighted by molar-refractivity contribution is 5.91. The van der Waals surface area contributed by atoms with Gasteiger partial charge < -0.3 is 9.47 Å². The van der Waals surface area contributed by atoms with E-state index >= 15 is 0 Å². The van der Waals surface area contributed by atoms with Gasteiger partial charge in [0.2, 0.25) is 0 Å². The smallest absolute Gasteiger partial charge is 0.416 e. The molecule has 1 aliphatic carbocycles. The number of carbonyl (C=O) groups excluding carboxylic acids is 1. The normalized spacial score (nSPS) is 20.9. The summed E-state index contributed by atoms with van der Waals surface area (Å²) in [7, 11) is 0. The molecule has 0 spiro atoms. The summed E-state index contributed by atoms with van der Waals surface area (Å²) in [5.74, 6) is 0.0667. The predicted octanol–water partition coefficient (Wildman–Crippen LogP) is 5.62. The van der Waals surface area contributed by atoms with E-state index in [2.05, 4.69) is 6.58 Å². The minimum atomic E-state index is -4.44. The highest BCUT2D eigenvalue weighted by Gasteiger charge is 2.44. The molecule has 0 amide bonds. The van der Waals surface area contributed by atoms with Crippen LogP contribution < -0.4 is 4.74 Å². The van der Waals surface area contributed by atoms with Gasteiger partial charge in [0.05, 0.1) is 5.56 Å². The first-order valence-electron chi connectivity index (χ1n) is 9.49. The zero-order valence-electron chi connectivity index (χ0n) is 16.2. The number of alkyl halides is 3. The van der Waals surface area contributed by atoms with Crippen molar-refractivity contribution >= 4 is 5.97 Å². The standard InChI is InChI=1S/C23H21F3O3/c1-12-10-19(28-11-15-6-4-5-7-18(15)23(24,25)26)14(3)20-16(12)8-9-17-13(2)22(27)29-21(17)20/h4-7,10,17,21H,2,8-9,11H2,1,3H3. The number of carbonyl (C=O) groups is 1. The van der Waals surface area contributed by atoms with Crippen molar-refractivity contribution in [1.82, 2.24) is 0 Å². The van der Waals surface area contributed by atoms with Crippen molar-refractivity contribution in [1.29, 1.82) is 0 Å². The molecule has 0 N–H and O–H groups in total. The maximum atomic E-state index is 13.3. The lowest BCUT2D eigenvalue weighted by atomic mass is 9.76. The number of rotatable bonds is 3. The summed E-state index contributed by atoms with van der Waals surface area (Å²) < 4.78 is 51.2. The van der Waals surface area contributed by atoms with Crippen molar-refractivity contribution in [3.8, 4) is 5.75 Å². The Kier molecular flexibility index (Phi) is 4.68. The van der Waals surface area contributed by atoms with Crippen LogP contribution in [0.5, 0.6) is 5.75 Å². The van der Waals surface area contributed by atoms with Crippen LogP contribution in [0, 0.1) is 19.8 Å². The van der Waals surface area contributed by atoms with Crippen LogP contribution in [0.2, 0.25) is 0 Å². The Balaban J connectivity index is 1.68. The van der Waals surface area contributed by atoms with E-state index in [1.807, 2.05) is 19.9 Å². The molecule has 2 atom stereocenters. The van der Waals surface area contributed by atoms with E-state index in [4.69, 9.17) is 9.47 Å². The molecule has 2 aromatic rings. The topological polar surface area (TPSA) is 35.5 Å². The Labute approximate surface area is 167 Å². The van der Waals surface area contributed by atoms with Crippen molar-refractivity contribution in [2.24, 2.45) is 5.92 Å². The molecule has 2 aliphatic rings. The van der Waals surface area contributed by atoms with E-state index in [9.17, 15) is 18.0 Å². The molecular formula is C23H21F3O3. The second kappa shape index (κ2) is 6.94. The van der Waals surface area contributed by atoms with E-state index in [0.717, 1.165) is 41.2 Å². The third-order valence-electron chi connectivity index (χ3n) is 5.93. The van der Waals surface area contributed by atoms with Gasteiger partial charge in [-0.2, -0.15) is 13.2 Å². The number of ether oxygens (including phenoxy) is 2. The van der Waals surface area contributed by atoms with Crippen LogP contribution in [0.3, 0.4) is 0 Å². The van der Waals surface area contributed by atoms with Gasteiger partial charge in [-0.3, -0.25) is 0 Å². The SMILES string of the molecule is C=C1C(=O)OC2c3c(C)c(OCc4ccccc4C(F)(F)F)cc(C)c3CCC12. The average Bonchev–Trinajstić information content (AvgIpc) is 2.96. The van der Waals surface area contributed by atoms with E-state index in [-0.39, 0.29) is 24.1 Å². The van der Waals surface area contributed by atoms with Gasteiger partial charge in [-0.25, -0.2) is 4.79 Å². The number of halogens is 3. The highest BCUT2D eigenvalue weighted by atomic mass is 19.4. The molecule has 1 aliphatic heterocycles. The lowest BCUT2D eigenvalue weighted by Crippen LogP contribution is -2.20. The van der Waals surface area contributed by atoms with Crippen molar-refractivity contribution in [3.05, 3.63) is 75.9 Å². The van der Waals surface area contributed by atoms with Gasteiger partial charge >= 0.3 is 12.1 Å². The Hall–Kier alpha value is -2.76. The Bertz CT molecular complexity index is 1010. The molecule has 0 saturated carbocycles. The molecule has 3 nitrogen and oxygen atoms in total. The van der Waals surface area contributed by atoms with Crippen LogP contribution in [-0.2, 0) is 28.7 Å². The van der Waals surface area contributed by atoms with Crippen molar-refractivity contribution in [2.75, 3.05) is 0 Å². The first-order chi connectivity index (χ1) is 13.7. The minimum absolute atomic E-state index is 0.0608. The zero-order valence-corrected chi connectivity index (χ0v) is 16.2. The van der Waals surface area contributed by atoms with Crippen LogP contribution >= 0.6 is 0 Å². The van der Waals surface area contributed by atoms with Gasteiger partial charge in [0.1, 0.15) is 18.5 Å². The second-order valence-corrected chi connectivity index (χ2v) is 7.65. The van der Waals surface area contributed by atoms with Gasteiger partial charge in [0, 0.05) is 22.6 Å². The lowest BCUT2D eigenvalue weighted by Gasteiger charge is -2.30. The lowest BCUT2D eigenvalue weighted by molar-refractivity contribution is -0.140. The maximum absolute atomic E-state index is 13.3. The van der Waals surface area contributed by atoms with Crippen molar-refractivity contribution in [3.63, 3.8) is 0 Å². The molecule has 6 heteroatoms. The zero-order chi connectivity index (χ0) is 20.9. The summed E-state index contributed by atoms with van der Waals surface area (Å²) in [6.45, 7) is 7.47. The molecule has 152 valence electrons. The summed E-state index contributed by atoms with van der Waals surface area (Å²) in [6, 6.07) is 7.26. The van der Waals surface area contributed by atoms with E-state index < -0.39 is 17.8 Å². The fourth-order valence-corrected chi connectivity index (χ4v) is 4.40. The molecular weight excluding hydrogens is 381 g/mol. The summed E-state index contributed by atoms with van der Waals surface area (Å²) in [4.78, 5) is 12.0. The minimum Gasteiger partial charge on any atom is -0.489 e. The second-order valence-electron chi connectivity index (χ2n) is 7.65. The average molecular weight is 402 g/mol. The third kappa shape index (κ3) is 3.30. The molecule has 1 heterocycles. The summed E-state index contributed by atoms with van der Waals surface area (Å²) in [5, 5.41) is 0. The molecule has 0 radical (unpaired) electrons. The first-order valence-corrected chi connectivity index (χ1v) is 9.49. The highest BCUT2D eigenvalue weighted by Crippen LogP contribution is 2.49. The number of fused-ring (bicyclic) bond motifs is 3. The summed E-state index contributed by atoms with van der Waals surface area (Å²) >= 11 is 0. The summed E-state index contributed by atoms with van der Waals surface area (Å²) in [5.41, 5.74) is 3.68. The van der Waals surface area contributed by atoms with Gasteiger partial charge in [-0.05, 0) is 55.5 Å². The van der Waals surface area contributed by atoms with Crippen LogP contribution in [-0.4, -0.2) is 5.97 Å². The van der Waals surface area contributed by atoms with Crippen LogP contribution in [0.1, 0.15) is 45.9 Å². The Morgan fingerprint density at radius 2 is 1.97 bits per heavy atom. The summed E-state index contributed by atoms with van der Waals surface area (Å²) in [6.07, 6.45) is -3.24. The number of esters is 1. The number of benzene rings is 2. The van der Waals surface area contributed by atoms with Crippen LogP contribution in [0.4, 0.5) is 13.2 Å². The Morgan fingerprint density at radius 3 is 2.69 bits per heavy atom. The fraction of sp³-hybridized carbons (Fsp3) is 0.348. The largest absolute Gasteiger partial charge is 0.489 e. The number of hydrogen-bond acceptors (Lipinski definition) is 3. The molecule has 4 rings (SSSR count). The molecule has 0 bridgehead atoms. The molecule has 2 unspecified atom stereocenters. The molecule has 1 fully saturated rings. The molecule has 1 saturated heterocycles.